The quantitative estimate of drug-likeness (QED) is 0.366. The average molecular weight is 228 g/mol. The first-order chi connectivity index (χ1) is 8.16. The molecule has 2 rings (SSSR count). The maximum atomic E-state index is 9.17. The summed E-state index contributed by atoms with van der Waals surface area (Å²) < 4.78 is 0. The van der Waals surface area contributed by atoms with Crippen LogP contribution in [-0.2, 0) is 0 Å². The number of nitrogens with zero attached hydrogens (tertiary/aromatic N) is 1. The molecule has 0 radical (unpaired) electrons. The summed E-state index contributed by atoms with van der Waals surface area (Å²) in [5.41, 5.74) is 6.77. The van der Waals surface area contributed by atoms with E-state index in [1.54, 1.807) is 42.6 Å². The molecule has 1 heterocycles. The monoisotopic (exact) mass is 228 g/mol. The molecule has 0 spiro atoms. The summed E-state index contributed by atoms with van der Waals surface area (Å²) in [4.78, 5) is 4.12. The molecule has 5 heteroatoms. The summed E-state index contributed by atoms with van der Waals surface area (Å²) in [6.45, 7) is 0. The lowest BCUT2D eigenvalue weighted by Gasteiger charge is -2.09. The van der Waals surface area contributed by atoms with Gasteiger partial charge in [-0.2, -0.15) is 0 Å². The number of anilines is 2. The van der Waals surface area contributed by atoms with E-state index in [4.69, 9.17) is 16.2 Å². The highest BCUT2D eigenvalue weighted by molar-refractivity contribution is 5.99. The van der Waals surface area contributed by atoms with Gasteiger partial charge in [0.2, 0.25) is 0 Å². The minimum absolute atomic E-state index is 0.0422. The van der Waals surface area contributed by atoms with Crippen molar-refractivity contribution in [3.8, 4) is 5.75 Å². The number of pyridine rings is 1. The molecular formula is C12H12N4O. The van der Waals surface area contributed by atoms with Gasteiger partial charge in [0.15, 0.2) is 0 Å². The van der Waals surface area contributed by atoms with Crippen molar-refractivity contribution < 1.29 is 5.11 Å². The second kappa shape index (κ2) is 4.52. The van der Waals surface area contributed by atoms with E-state index in [0.717, 1.165) is 5.69 Å². The Morgan fingerprint density at radius 3 is 2.59 bits per heavy atom. The second-order valence-corrected chi connectivity index (χ2v) is 3.49. The summed E-state index contributed by atoms with van der Waals surface area (Å²) in [5.74, 6) is 0.674. The van der Waals surface area contributed by atoms with Gasteiger partial charge in [0.1, 0.15) is 17.4 Å². The highest BCUT2D eigenvalue weighted by Crippen LogP contribution is 2.20. The van der Waals surface area contributed by atoms with E-state index in [9.17, 15) is 0 Å². The van der Waals surface area contributed by atoms with Crippen molar-refractivity contribution in [3.05, 3.63) is 48.2 Å². The molecule has 0 aliphatic rings. The van der Waals surface area contributed by atoms with E-state index in [1.807, 2.05) is 0 Å². The van der Waals surface area contributed by atoms with Crippen molar-refractivity contribution >= 4 is 17.3 Å². The Bertz CT molecular complexity index is 536. The number of amidine groups is 1. The molecule has 5 N–H and O–H groups in total. The third kappa shape index (κ3) is 2.52. The molecule has 0 fully saturated rings. The number of nitrogens with one attached hydrogen (secondary N) is 2. The number of nitrogens with two attached hydrogens (primary N) is 1. The number of rotatable bonds is 3. The number of benzene rings is 1. The number of phenolic OH excluding ortho intramolecular Hbond substituents is 1. The maximum Gasteiger partial charge on any atom is 0.141 e. The van der Waals surface area contributed by atoms with Gasteiger partial charge >= 0.3 is 0 Å². The molecule has 0 saturated carbocycles. The molecule has 0 bridgehead atoms. The molecule has 1 aromatic heterocycles. The number of hydrogen-bond acceptors (Lipinski definition) is 4. The molecule has 0 atom stereocenters. The zero-order valence-electron chi connectivity index (χ0n) is 9.01. The highest BCUT2D eigenvalue weighted by atomic mass is 16.3. The lowest BCUT2D eigenvalue weighted by Crippen LogP contribution is -2.14. The fourth-order valence-electron chi connectivity index (χ4n) is 1.40. The first-order valence-electron chi connectivity index (χ1n) is 5.02. The first kappa shape index (κ1) is 10.9. The van der Waals surface area contributed by atoms with Gasteiger partial charge in [-0.3, -0.25) is 5.41 Å². The largest absolute Gasteiger partial charge is 0.508 e. The fraction of sp³-hybridized carbons (Fsp3) is 0. The predicted molar refractivity (Wildman–Crippen MR) is 66.6 cm³/mol. The Morgan fingerprint density at radius 1 is 1.24 bits per heavy atom. The highest BCUT2D eigenvalue weighted by Gasteiger charge is 2.05. The van der Waals surface area contributed by atoms with E-state index < -0.39 is 0 Å². The van der Waals surface area contributed by atoms with Gasteiger partial charge in [-0.1, -0.05) is 0 Å². The molecular weight excluding hydrogens is 216 g/mol. The third-order valence-electron chi connectivity index (χ3n) is 2.23. The maximum absolute atomic E-state index is 9.17. The predicted octanol–water partition coefficient (Wildman–Crippen LogP) is 1.81. The Kier molecular flexibility index (Phi) is 2.91. The van der Waals surface area contributed by atoms with Crippen molar-refractivity contribution in [2.45, 2.75) is 0 Å². The van der Waals surface area contributed by atoms with Gasteiger partial charge in [-0.15, -0.1) is 0 Å². The molecule has 1 aromatic carbocycles. The summed E-state index contributed by atoms with van der Waals surface area (Å²) in [6.07, 6.45) is 1.62. The molecule has 0 aliphatic heterocycles. The van der Waals surface area contributed by atoms with Crippen molar-refractivity contribution in [1.82, 2.24) is 4.98 Å². The minimum Gasteiger partial charge on any atom is -0.508 e. The van der Waals surface area contributed by atoms with E-state index in [-0.39, 0.29) is 11.6 Å². The topological polar surface area (TPSA) is 95.0 Å². The van der Waals surface area contributed by atoms with Gasteiger partial charge in [-0.05, 0) is 36.4 Å². The van der Waals surface area contributed by atoms with Gasteiger partial charge in [0, 0.05) is 11.9 Å². The Balaban J connectivity index is 2.30. The molecule has 0 saturated heterocycles. The summed E-state index contributed by atoms with van der Waals surface area (Å²) in [5, 5.41) is 19.6. The molecule has 0 unspecified atom stereocenters. The van der Waals surface area contributed by atoms with Crippen molar-refractivity contribution in [1.29, 1.82) is 5.41 Å². The van der Waals surface area contributed by atoms with Crippen LogP contribution in [-0.4, -0.2) is 15.9 Å². The van der Waals surface area contributed by atoms with Gasteiger partial charge in [0.25, 0.3) is 0 Å². The second-order valence-electron chi connectivity index (χ2n) is 3.49. The number of aromatic nitrogens is 1. The van der Waals surface area contributed by atoms with Crippen LogP contribution in [0.2, 0.25) is 0 Å². The van der Waals surface area contributed by atoms with Crippen LogP contribution in [0.4, 0.5) is 11.5 Å². The lowest BCUT2D eigenvalue weighted by molar-refractivity contribution is 0.475. The Hall–Kier alpha value is -2.56. The number of aromatic hydroxyl groups is 1. The van der Waals surface area contributed by atoms with Crippen LogP contribution in [0.15, 0.2) is 42.6 Å². The Morgan fingerprint density at radius 2 is 1.94 bits per heavy atom. The molecule has 0 amide bonds. The van der Waals surface area contributed by atoms with E-state index in [1.165, 1.54) is 0 Å². The van der Waals surface area contributed by atoms with Crippen molar-refractivity contribution in [3.63, 3.8) is 0 Å². The van der Waals surface area contributed by atoms with Crippen molar-refractivity contribution in [2.75, 3.05) is 5.32 Å². The fourth-order valence-corrected chi connectivity index (χ4v) is 1.40. The van der Waals surface area contributed by atoms with Crippen LogP contribution >= 0.6 is 0 Å². The van der Waals surface area contributed by atoms with Crippen LogP contribution < -0.4 is 11.1 Å². The smallest absolute Gasteiger partial charge is 0.141 e. The van der Waals surface area contributed by atoms with E-state index in [0.29, 0.717) is 11.4 Å². The number of phenols is 1. The summed E-state index contributed by atoms with van der Waals surface area (Å²) in [7, 11) is 0. The summed E-state index contributed by atoms with van der Waals surface area (Å²) in [6, 6.07) is 10.0. The molecule has 86 valence electrons. The minimum atomic E-state index is -0.0422. The SMILES string of the molecule is N=C(N)c1cccnc1Nc1ccc(O)cc1. The molecule has 17 heavy (non-hydrogen) atoms. The lowest BCUT2D eigenvalue weighted by atomic mass is 10.2. The van der Waals surface area contributed by atoms with Crippen LogP contribution in [0.5, 0.6) is 5.75 Å². The standard InChI is InChI=1S/C12H12N4O/c13-11(14)10-2-1-7-15-12(10)16-8-3-5-9(17)6-4-8/h1-7,17H,(H3,13,14)(H,15,16). The molecule has 5 nitrogen and oxygen atoms in total. The molecule has 0 aliphatic carbocycles. The number of nitrogen functional groups attached to an aromatic ring is 1. The third-order valence-corrected chi connectivity index (χ3v) is 2.23. The van der Waals surface area contributed by atoms with Crippen molar-refractivity contribution in [2.24, 2.45) is 5.73 Å². The van der Waals surface area contributed by atoms with Crippen LogP contribution in [0.1, 0.15) is 5.56 Å². The zero-order chi connectivity index (χ0) is 12.3. The van der Waals surface area contributed by atoms with Crippen LogP contribution in [0, 0.1) is 5.41 Å². The van der Waals surface area contributed by atoms with E-state index >= 15 is 0 Å². The van der Waals surface area contributed by atoms with E-state index in [2.05, 4.69) is 10.3 Å². The Labute approximate surface area is 98.4 Å². The van der Waals surface area contributed by atoms with Gasteiger partial charge < -0.3 is 16.2 Å². The normalized spacial score (nSPS) is 9.88. The average Bonchev–Trinajstić information content (AvgIpc) is 2.32. The van der Waals surface area contributed by atoms with Crippen LogP contribution in [0.3, 0.4) is 0 Å². The summed E-state index contributed by atoms with van der Waals surface area (Å²) >= 11 is 0. The molecule has 2 aromatic rings. The first-order valence-corrected chi connectivity index (χ1v) is 5.02. The van der Waals surface area contributed by atoms with Gasteiger partial charge in [0.05, 0.1) is 5.56 Å². The van der Waals surface area contributed by atoms with Gasteiger partial charge in [-0.25, -0.2) is 4.98 Å². The zero-order valence-corrected chi connectivity index (χ0v) is 9.01. The number of hydrogen-bond donors (Lipinski definition) is 4. The van der Waals surface area contributed by atoms with Crippen LogP contribution in [0.25, 0.3) is 0 Å².